The molecule has 3 rings (SSSR count). The predicted molar refractivity (Wildman–Crippen MR) is 92.5 cm³/mol. The summed E-state index contributed by atoms with van der Waals surface area (Å²) in [5, 5.41) is 0.614. The topological polar surface area (TPSA) is 53.5 Å². The highest BCUT2D eigenvalue weighted by molar-refractivity contribution is 6.43. The lowest BCUT2D eigenvalue weighted by molar-refractivity contribution is 0.0532. The second-order valence-corrected chi connectivity index (χ2v) is 6.19. The van der Waals surface area contributed by atoms with E-state index in [-0.39, 0.29) is 16.8 Å². The zero-order valence-corrected chi connectivity index (χ0v) is 14.3. The van der Waals surface area contributed by atoms with Crippen LogP contribution < -0.4 is 0 Å². The molecule has 7 heteroatoms. The molecular formula is C17H15Cl2N3O2. The fourth-order valence-electron chi connectivity index (χ4n) is 2.60. The lowest BCUT2D eigenvalue weighted by atomic mass is 10.1. The molecule has 24 heavy (non-hydrogen) atoms. The van der Waals surface area contributed by atoms with Crippen LogP contribution in [0.2, 0.25) is 10.0 Å². The van der Waals surface area contributed by atoms with Crippen molar-refractivity contribution in [3.63, 3.8) is 0 Å². The van der Waals surface area contributed by atoms with Crippen molar-refractivity contribution < 1.29 is 9.59 Å². The Morgan fingerprint density at radius 1 is 0.875 bits per heavy atom. The van der Waals surface area contributed by atoms with Gasteiger partial charge in [-0.2, -0.15) is 0 Å². The molecule has 0 bridgehead atoms. The minimum Gasteiger partial charge on any atom is -0.335 e. The van der Waals surface area contributed by atoms with Gasteiger partial charge < -0.3 is 9.80 Å². The quantitative estimate of drug-likeness (QED) is 0.823. The van der Waals surface area contributed by atoms with Gasteiger partial charge in [0, 0.05) is 32.4 Å². The first-order valence-corrected chi connectivity index (χ1v) is 8.27. The number of pyridine rings is 1. The first-order valence-electron chi connectivity index (χ1n) is 7.51. The van der Waals surface area contributed by atoms with Crippen molar-refractivity contribution in [3.05, 3.63) is 63.9 Å². The first-order chi connectivity index (χ1) is 11.6. The summed E-state index contributed by atoms with van der Waals surface area (Å²) in [6.45, 7) is 1.80. The van der Waals surface area contributed by atoms with E-state index in [2.05, 4.69) is 4.98 Å². The van der Waals surface area contributed by atoms with E-state index >= 15 is 0 Å². The van der Waals surface area contributed by atoms with Crippen molar-refractivity contribution in [2.75, 3.05) is 26.2 Å². The Balaban J connectivity index is 1.66. The van der Waals surface area contributed by atoms with Gasteiger partial charge in [0.15, 0.2) is 0 Å². The first kappa shape index (κ1) is 16.7. The van der Waals surface area contributed by atoms with Gasteiger partial charge in [-0.15, -0.1) is 0 Å². The summed E-state index contributed by atoms with van der Waals surface area (Å²) >= 11 is 12.1. The smallest absolute Gasteiger partial charge is 0.272 e. The fraction of sp³-hybridized carbons (Fsp3) is 0.235. The van der Waals surface area contributed by atoms with Crippen LogP contribution in [0.5, 0.6) is 0 Å². The minimum atomic E-state index is -0.174. The number of carbonyl (C=O) groups excluding carboxylic acids is 2. The fourth-order valence-corrected chi connectivity index (χ4v) is 2.98. The molecule has 1 aliphatic heterocycles. The monoisotopic (exact) mass is 363 g/mol. The van der Waals surface area contributed by atoms with E-state index in [1.54, 1.807) is 52.4 Å². The van der Waals surface area contributed by atoms with Gasteiger partial charge in [-0.25, -0.2) is 0 Å². The van der Waals surface area contributed by atoms with Gasteiger partial charge in [0.1, 0.15) is 5.69 Å². The largest absolute Gasteiger partial charge is 0.335 e. The second-order valence-electron chi connectivity index (χ2n) is 5.40. The van der Waals surface area contributed by atoms with Gasteiger partial charge in [0.05, 0.1) is 15.6 Å². The maximum absolute atomic E-state index is 12.6. The van der Waals surface area contributed by atoms with Crippen molar-refractivity contribution in [3.8, 4) is 0 Å². The maximum Gasteiger partial charge on any atom is 0.272 e. The number of halogens is 2. The van der Waals surface area contributed by atoms with E-state index in [1.165, 1.54) is 0 Å². The number of hydrogen-bond acceptors (Lipinski definition) is 3. The van der Waals surface area contributed by atoms with Crippen molar-refractivity contribution in [1.82, 2.24) is 14.8 Å². The van der Waals surface area contributed by atoms with E-state index in [0.717, 1.165) is 0 Å². The number of piperazine rings is 1. The highest BCUT2D eigenvalue weighted by atomic mass is 35.5. The molecule has 5 nitrogen and oxygen atoms in total. The average Bonchev–Trinajstić information content (AvgIpc) is 2.64. The third-order valence-corrected chi connectivity index (χ3v) is 4.74. The molecule has 1 saturated heterocycles. The van der Waals surface area contributed by atoms with E-state index < -0.39 is 0 Å². The van der Waals surface area contributed by atoms with Crippen LogP contribution >= 0.6 is 23.2 Å². The average molecular weight is 364 g/mol. The molecule has 0 spiro atoms. The Morgan fingerprint density at radius 2 is 1.54 bits per heavy atom. The summed E-state index contributed by atoms with van der Waals surface area (Å²) in [6.07, 6.45) is 1.59. The Morgan fingerprint density at radius 3 is 2.17 bits per heavy atom. The van der Waals surface area contributed by atoms with Gasteiger partial charge in [0.25, 0.3) is 11.8 Å². The number of aromatic nitrogens is 1. The number of rotatable bonds is 2. The van der Waals surface area contributed by atoms with E-state index in [9.17, 15) is 9.59 Å². The van der Waals surface area contributed by atoms with Crippen molar-refractivity contribution in [1.29, 1.82) is 0 Å². The molecule has 1 aliphatic rings. The molecule has 1 fully saturated rings. The van der Waals surface area contributed by atoms with Crippen LogP contribution in [0.1, 0.15) is 20.8 Å². The van der Waals surface area contributed by atoms with Crippen LogP contribution in [-0.2, 0) is 0 Å². The third kappa shape index (κ3) is 3.37. The van der Waals surface area contributed by atoms with E-state index in [4.69, 9.17) is 23.2 Å². The second kappa shape index (κ2) is 7.20. The molecular weight excluding hydrogens is 349 g/mol. The lowest BCUT2D eigenvalue weighted by Crippen LogP contribution is -2.50. The van der Waals surface area contributed by atoms with Crippen LogP contribution in [0.25, 0.3) is 0 Å². The van der Waals surface area contributed by atoms with Gasteiger partial charge in [0.2, 0.25) is 0 Å². The SMILES string of the molecule is O=C(c1ccccn1)N1CCN(C(=O)c2cccc(Cl)c2Cl)CC1. The zero-order chi connectivity index (χ0) is 17.1. The molecule has 0 atom stereocenters. The van der Waals surface area contributed by atoms with Gasteiger partial charge in [-0.1, -0.05) is 35.3 Å². The Hall–Kier alpha value is -2.11. The summed E-state index contributed by atoms with van der Waals surface area (Å²) < 4.78 is 0. The summed E-state index contributed by atoms with van der Waals surface area (Å²) in [4.78, 5) is 32.4. The Kier molecular flexibility index (Phi) is 5.02. The Labute approximate surface area is 149 Å². The summed E-state index contributed by atoms with van der Waals surface area (Å²) in [5.74, 6) is -0.295. The van der Waals surface area contributed by atoms with Gasteiger partial charge in [-0.3, -0.25) is 14.6 Å². The number of hydrogen-bond donors (Lipinski definition) is 0. The molecule has 0 aliphatic carbocycles. The van der Waals surface area contributed by atoms with Crippen LogP contribution in [0.15, 0.2) is 42.6 Å². The van der Waals surface area contributed by atoms with Gasteiger partial charge in [-0.05, 0) is 24.3 Å². The molecule has 2 heterocycles. The summed E-state index contributed by atoms with van der Waals surface area (Å²) in [7, 11) is 0. The molecule has 0 N–H and O–H groups in total. The molecule has 0 saturated carbocycles. The van der Waals surface area contributed by atoms with Crippen molar-refractivity contribution >= 4 is 35.0 Å². The molecule has 0 radical (unpaired) electrons. The summed E-state index contributed by atoms with van der Waals surface area (Å²) in [5.41, 5.74) is 0.795. The highest BCUT2D eigenvalue weighted by Gasteiger charge is 2.27. The number of benzene rings is 1. The normalized spacial score (nSPS) is 14.6. The minimum absolute atomic E-state index is 0.122. The third-order valence-electron chi connectivity index (χ3n) is 3.92. The van der Waals surface area contributed by atoms with Crippen molar-refractivity contribution in [2.24, 2.45) is 0 Å². The maximum atomic E-state index is 12.6. The van der Waals surface area contributed by atoms with Crippen molar-refractivity contribution in [2.45, 2.75) is 0 Å². The highest BCUT2D eigenvalue weighted by Crippen LogP contribution is 2.26. The number of nitrogens with zero attached hydrogens (tertiary/aromatic N) is 3. The van der Waals surface area contributed by atoms with Crippen LogP contribution in [0.3, 0.4) is 0 Å². The molecule has 1 aromatic heterocycles. The van der Waals surface area contributed by atoms with Crippen LogP contribution in [0.4, 0.5) is 0 Å². The summed E-state index contributed by atoms with van der Waals surface area (Å²) in [6, 6.07) is 10.2. The lowest BCUT2D eigenvalue weighted by Gasteiger charge is -2.34. The molecule has 2 amide bonds. The van der Waals surface area contributed by atoms with E-state index in [1.807, 2.05) is 0 Å². The van der Waals surface area contributed by atoms with Crippen LogP contribution in [0, 0.1) is 0 Å². The van der Waals surface area contributed by atoms with E-state index in [0.29, 0.717) is 42.5 Å². The molecule has 0 unspecified atom stereocenters. The molecule has 2 aromatic rings. The van der Waals surface area contributed by atoms with Crippen LogP contribution in [-0.4, -0.2) is 52.8 Å². The zero-order valence-electron chi connectivity index (χ0n) is 12.8. The standard InChI is InChI=1S/C17H15Cl2N3O2/c18-13-5-3-4-12(15(13)19)16(23)21-8-10-22(11-9-21)17(24)14-6-1-2-7-20-14/h1-7H,8-11H2. The number of amides is 2. The predicted octanol–water partition coefficient (Wildman–Crippen LogP) is 2.99. The molecule has 1 aromatic carbocycles. The molecule has 124 valence electrons. The Bertz CT molecular complexity index is 760. The van der Waals surface area contributed by atoms with Gasteiger partial charge >= 0.3 is 0 Å². The number of carbonyl (C=O) groups is 2.